The highest BCUT2D eigenvalue weighted by Crippen LogP contribution is 2.26. The maximum absolute atomic E-state index is 12.9. The largest absolute Gasteiger partial charge is 0.385 e. The van der Waals surface area contributed by atoms with E-state index >= 15 is 0 Å². The van der Waals surface area contributed by atoms with Crippen molar-refractivity contribution in [3.63, 3.8) is 0 Å². The number of nitrogens with one attached hydrogen (secondary N) is 1. The molecule has 0 saturated carbocycles. The molecule has 7 heteroatoms. The molecule has 1 atom stereocenters. The molecule has 1 amide bonds. The van der Waals surface area contributed by atoms with Gasteiger partial charge in [0.1, 0.15) is 0 Å². The Labute approximate surface area is 142 Å². The van der Waals surface area contributed by atoms with Gasteiger partial charge in [-0.15, -0.1) is 0 Å². The Bertz CT molecular complexity index is 853. The van der Waals surface area contributed by atoms with E-state index in [1.54, 1.807) is 23.0 Å². The SMILES string of the molecule is CC1C2=C(CCN1C(=O)c1cc3ncc(Br)cn3n1)NCC=C2. The van der Waals surface area contributed by atoms with Crippen LogP contribution in [0.3, 0.4) is 0 Å². The Morgan fingerprint density at radius 2 is 2.35 bits per heavy atom. The zero-order chi connectivity index (χ0) is 16.0. The van der Waals surface area contributed by atoms with Gasteiger partial charge in [-0.05, 0) is 28.4 Å². The smallest absolute Gasteiger partial charge is 0.274 e. The third-order valence-electron chi connectivity index (χ3n) is 4.36. The molecule has 0 spiro atoms. The molecule has 0 aromatic carbocycles. The quantitative estimate of drug-likeness (QED) is 0.831. The predicted octanol–water partition coefficient (Wildman–Crippen LogP) is 2.14. The number of hydrogen-bond acceptors (Lipinski definition) is 4. The van der Waals surface area contributed by atoms with Gasteiger partial charge in [0.05, 0.1) is 10.5 Å². The van der Waals surface area contributed by atoms with Crippen LogP contribution in [0.5, 0.6) is 0 Å². The summed E-state index contributed by atoms with van der Waals surface area (Å²) in [7, 11) is 0. The molecule has 4 rings (SSSR count). The molecule has 0 bridgehead atoms. The summed E-state index contributed by atoms with van der Waals surface area (Å²) in [6, 6.07) is 1.78. The number of carbonyl (C=O) groups excluding carboxylic acids is 1. The molecule has 0 saturated heterocycles. The van der Waals surface area contributed by atoms with Gasteiger partial charge >= 0.3 is 0 Å². The van der Waals surface area contributed by atoms with Crippen LogP contribution in [0.2, 0.25) is 0 Å². The van der Waals surface area contributed by atoms with Crippen LogP contribution in [0.15, 0.2) is 46.4 Å². The molecule has 2 aliphatic heterocycles. The number of carbonyl (C=O) groups is 1. The lowest BCUT2D eigenvalue weighted by Gasteiger charge is -2.37. The maximum atomic E-state index is 12.9. The summed E-state index contributed by atoms with van der Waals surface area (Å²) in [6.07, 6.45) is 8.57. The van der Waals surface area contributed by atoms with Crippen LogP contribution in [0, 0.1) is 0 Å². The van der Waals surface area contributed by atoms with E-state index in [1.807, 2.05) is 4.90 Å². The number of hydrogen-bond donors (Lipinski definition) is 1. The summed E-state index contributed by atoms with van der Waals surface area (Å²) in [6.45, 7) is 3.63. The van der Waals surface area contributed by atoms with Gasteiger partial charge in [0.2, 0.25) is 0 Å². The highest BCUT2D eigenvalue weighted by atomic mass is 79.9. The summed E-state index contributed by atoms with van der Waals surface area (Å²) in [4.78, 5) is 19.0. The molecule has 2 aliphatic rings. The fourth-order valence-corrected chi connectivity index (χ4v) is 3.47. The number of aromatic nitrogens is 3. The molecule has 6 nitrogen and oxygen atoms in total. The minimum Gasteiger partial charge on any atom is -0.385 e. The molecule has 0 fully saturated rings. The lowest BCUT2D eigenvalue weighted by molar-refractivity contribution is 0.0700. The number of halogens is 1. The van der Waals surface area contributed by atoms with Crippen molar-refractivity contribution in [2.24, 2.45) is 0 Å². The van der Waals surface area contributed by atoms with Crippen LogP contribution in [-0.2, 0) is 0 Å². The molecule has 23 heavy (non-hydrogen) atoms. The van der Waals surface area contributed by atoms with E-state index in [0.717, 1.165) is 17.4 Å². The van der Waals surface area contributed by atoms with E-state index in [-0.39, 0.29) is 11.9 Å². The first-order valence-electron chi connectivity index (χ1n) is 7.59. The predicted molar refractivity (Wildman–Crippen MR) is 90.0 cm³/mol. The van der Waals surface area contributed by atoms with Crippen molar-refractivity contribution in [2.45, 2.75) is 19.4 Å². The molecule has 2 aromatic rings. The third kappa shape index (κ3) is 2.45. The highest BCUT2D eigenvalue weighted by molar-refractivity contribution is 9.10. The first kappa shape index (κ1) is 14.4. The van der Waals surface area contributed by atoms with Gasteiger partial charge < -0.3 is 10.2 Å². The van der Waals surface area contributed by atoms with Crippen molar-refractivity contribution in [2.75, 3.05) is 13.1 Å². The lowest BCUT2D eigenvalue weighted by Crippen LogP contribution is -2.45. The fraction of sp³-hybridized carbons (Fsp3) is 0.312. The van der Waals surface area contributed by atoms with Gasteiger partial charge in [-0.25, -0.2) is 9.50 Å². The maximum Gasteiger partial charge on any atom is 0.274 e. The van der Waals surface area contributed by atoms with Crippen molar-refractivity contribution >= 4 is 27.5 Å². The van der Waals surface area contributed by atoms with Crippen LogP contribution in [0.4, 0.5) is 0 Å². The van der Waals surface area contributed by atoms with E-state index in [9.17, 15) is 4.79 Å². The highest BCUT2D eigenvalue weighted by Gasteiger charge is 2.31. The molecule has 2 aromatic heterocycles. The van der Waals surface area contributed by atoms with Crippen LogP contribution in [0.1, 0.15) is 23.8 Å². The second-order valence-corrected chi connectivity index (χ2v) is 6.66. The summed E-state index contributed by atoms with van der Waals surface area (Å²) >= 11 is 3.36. The summed E-state index contributed by atoms with van der Waals surface area (Å²) in [5, 5.41) is 7.77. The summed E-state index contributed by atoms with van der Waals surface area (Å²) < 4.78 is 2.45. The monoisotopic (exact) mass is 373 g/mol. The minimum absolute atomic E-state index is 0.0415. The van der Waals surface area contributed by atoms with E-state index in [1.165, 1.54) is 11.3 Å². The zero-order valence-electron chi connectivity index (χ0n) is 12.7. The van der Waals surface area contributed by atoms with Gasteiger partial charge in [0.15, 0.2) is 11.3 Å². The Kier molecular flexibility index (Phi) is 3.45. The zero-order valence-corrected chi connectivity index (χ0v) is 14.2. The molecule has 1 N–H and O–H groups in total. The average Bonchev–Trinajstić information content (AvgIpc) is 2.98. The number of rotatable bonds is 1. The van der Waals surface area contributed by atoms with Crippen molar-refractivity contribution in [3.05, 3.63) is 52.0 Å². The number of fused-ring (bicyclic) bond motifs is 1. The van der Waals surface area contributed by atoms with E-state index in [0.29, 0.717) is 17.9 Å². The number of nitrogens with zero attached hydrogens (tertiary/aromatic N) is 4. The first-order valence-corrected chi connectivity index (χ1v) is 8.38. The Morgan fingerprint density at radius 1 is 1.48 bits per heavy atom. The molecule has 0 aliphatic carbocycles. The normalized spacial score (nSPS) is 20.6. The molecular formula is C16H16BrN5O. The molecule has 118 valence electrons. The van der Waals surface area contributed by atoms with Gasteiger partial charge in [-0.3, -0.25) is 4.79 Å². The van der Waals surface area contributed by atoms with Crippen LogP contribution < -0.4 is 5.32 Å². The Morgan fingerprint density at radius 3 is 3.22 bits per heavy atom. The van der Waals surface area contributed by atoms with Crippen LogP contribution in [0.25, 0.3) is 5.65 Å². The lowest BCUT2D eigenvalue weighted by atomic mass is 9.95. The Balaban J connectivity index is 1.65. The molecular weight excluding hydrogens is 358 g/mol. The average molecular weight is 374 g/mol. The van der Waals surface area contributed by atoms with Gasteiger partial charge in [-0.2, -0.15) is 5.10 Å². The van der Waals surface area contributed by atoms with Crippen molar-refractivity contribution in [1.82, 2.24) is 24.8 Å². The Hall–Kier alpha value is -2.15. The van der Waals surface area contributed by atoms with E-state index < -0.39 is 0 Å². The van der Waals surface area contributed by atoms with Crippen LogP contribution >= 0.6 is 15.9 Å². The standard InChI is InChI=1S/C16H16BrN5O/c1-10-12-3-2-5-18-13(12)4-6-21(10)16(23)14-7-15-19-8-11(17)9-22(15)20-14/h2-3,7-10,18H,4-6H2,1H3. The topological polar surface area (TPSA) is 62.5 Å². The van der Waals surface area contributed by atoms with Crippen LogP contribution in [-0.4, -0.2) is 44.5 Å². The second kappa shape index (κ2) is 5.49. The number of amides is 1. The van der Waals surface area contributed by atoms with Crippen molar-refractivity contribution in [3.8, 4) is 0 Å². The van der Waals surface area contributed by atoms with Gasteiger partial charge in [-0.1, -0.05) is 12.2 Å². The first-order chi connectivity index (χ1) is 11.1. The summed E-state index contributed by atoms with van der Waals surface area (Å²) in [5.41, 5.74) is 3.55. The molecule has 1 unspecified atom stereocenters. The third-order valence-corrected chi connectivity index (χ3v) is 4.77. The fourth-order valence-electron chi connectivity index (χ4n) is 3.17. The van der Waals surface area contributed by atoms with Crippen molar-refractivity contribution in [1.29, 1.82) is 0 Å². The molecule has 0 radical (unpaired) electrons. The molecule has 4 heterocycles. The van der Waals surface area contributed by atoms with Crippen molar-refractivity contribution < 1.29 is 4.79 Å². The second-order valence-electron chi connectivity index (χ2n) is 5.75. The van der Waals surface area contributed by atoms with Gasteiger partial charge in [0.25, 0.3) is 5.91 Å². The van der Waals surface area contributed by atoms with E-state index in [4.69, 9.17) is 0 Å². The van der Waals surface area contributed by atoms with E-state index in [2.05, 4.69) is 50.4 Å². The minimum atomic E-state index is -0.0513. The number of dihydropyridines is 1. The van der Waals surface area contributed by atoms with Gasteiger partial charge in [0, 0.05) is 43.7 Å². The summed E-state index contributed by atoms with van der Waals surface area (Å²) in [5.74, 6) is -0.0513.